The Morgan fingerprint density at radius 2 is 2.46 bits per heavy atom. The first kappa shape index (κ1) is 9.73. The molecule has 0 radical (unpaired) electrons. The van der Waals surface area contributed by atoms with E-state index in [1.807, 2.05) is 0 Å². The molecule has 1 N–H and O–H groups in total. The van der Waals surface area contributed by atoms with Crippen molar-refractivity contribution in [1.82, 2.24) is 9.97 Å². The van der Waals surface area contributed by atoms with Crippen LogP contribution in [0.1, 0.15) is 0 Å². The minimum Gasteiger partial charge on any atom is -0.478 e. The Balaban J connectivity index is 2.44. The Hall–Kier alpha value is -1.36. The molecule has 4 nitrogen and oxygen atoms in total. The van der Waals surface area contributed by atoms with Gasteiger partial charge in [-0.3, -0.25) is 0 Å². The molecule has 0 aromatic carbocycles. The third kappa shape index (κ3) is 3.25. The van der Waals surface area contributed by atoms with E-state index in [0.29, 0.717) is 5.75 Å². The molecule has 0 saturated carbocycles. The highest BCUT2D eigenvalue weighted by atomic mass is 32.2. The second kappa shape index (κ2) is 4.61. The van der Waals surface area contributed by atoms with Crippen LogP contribution in [0.4, 0.5) is 0 Å². The van der Waals surface area contributed by atoms with E-state index in [1.165, 1.54) is 18.1 Å². The Morgan fingerprint density at radius 3 is 3.00 bits per heavy atom. The topological polar surface area (TPSA) is 63.1 Å². The number of thioether (sulfide) groups is 1. The summed E-state index contributed by atoms with van der Waals surface area (Å²) in [6.45, 7) is 3.41. The van der Waals surface area contributed by atoms with Crippen molar-refractivity contribution >= 4 is 17.7 Å². The molecule has 0 fully saturated rings. The zero-order valence-electron chi connectivity index (χ0n) is 6.80. The first-order valence-electron chi connectivity index (χ1n) is 3.50. The average molecular weight is 196 g/mol. The van der Waals surface area contributed by atoms with Crippen LogP contribution in [0.25, 0.3) is 0 Å². The van der Waals surface area contributed by atoms with Gasteiger partial charge in [-0.05, 0) is 6.07 Å². The van der Waals surface area contributed by atoms with E-state index in [9.17, 15) is 4.79 Å². The van der Waals surface area contributed by atoms with E-state index in [0.717, 1.165) is 5.03 Å². The molecule has 0 aliphatic carbocycles. The molecule has 1 aromatic heterocycles. The van der Waals surface area contributed by atoms with Crippen LogP contribution in [0.15, 0.2) is 35.8 Å². The summed E-state index contributed by atoms with van der Waals surface area (Å²) in [5.74, 6) is -0.631. The minimum absolute atomic E-state index is 0.170. The summed E-state index contributed by atoms with van der Waals surface area (Å²) < 4.78 is 0. The second-order valence-electron chi connectivity index (χ2n) is 2.24. The van der Waals surface area contributed by atoms with Gasteiger partial charge in [0, 0.05) is 17.5 Å². The normalized spacial score (nSPS) is 9.54. The van der Waals surface area contributed by atoms with Crippen LogP contribution in [0.3, 0.4) is 0 Å². The highest BCUT2D eigenvalue weighted by Crippen LogP contribution is 2.15. The molecule has 0 aliphatic heterocycles. The van der Waals surface area contributed by atoms with Crippen molar-refractivity contribution in [2.45, 2.75) is 5.03 Å². The standard InChI is InChI=1S/C8H8N2O2S/c1-6(8(11)12)4-13-7-2-3-9-5-10-7/h2-3,5H,1,4H2,(H,11,12). The maximum atomic E-state index is 10.4. The van der Waals surface area contributed by atoms with Crippen LogP contribution >= 0.6 is 11.8 Å². The lowest BCUT2D eigenvalue weighted by atomic mass is 10.4. The Morgan fingerprint density at radius 1 is 1.69 bits per heavy atom. The zero-order chi connectivity index (χ0) is 9.68. The van der Waals surface area contributed by atoms with Crippen molar-refractivity contribution in [3.63, 3.8) is 0 Å². The molecule has 13 heavy (non-hydrogen) atoms. The van der Waals surface area contributed by atoms with Crippen molar-refractivity contribution in [3.8, 4) is 0 Å². The number of carboxylic acid groups (broad SMARTS) is 1. The van der Waals surface area contributed by atoms with Gasteiger partial charge in [-0.15, -0.1) is 11.8 Å². The van der Waals surface area contributed by atoms with E-state index in [4.69, 9.17) is 5.11 Å². The molecule has 5 heteroatoms. The summed E-state index contributed by atoms with van der Waals surface area (Å²) in [6, 6.07) is 1.72. The summed E-state index contributed by atoms with van der Waals surface area (Å²) >= 11 is 1.33. The third-order valence-corrected chi connectivity index (χ3v) is 2.28. The van der Waals surface area contributed by atoms with Crippen molar-refractivity contribution < 1.29 is 9.90 Å². The molecule has 0 unspecified atom stereocenters. The number of hydrogen-bond acceptors (Lipinski definition) is 4. The van der Waals surface area contributed by atoms with Gasteiger partial charge >= 0.3 is 5.97 Å². The van der Waals surface area contributed by atoms with Crippen LogP contribution in [-0.4, -0.2) is 26.8 Å². The maximum Gasteiger partial charge on any atom is 0.331 e. The highest BCUT2D eigenvalue weighted by Gasteiger charge is 2.04. The molecular weight excluding hydrogens is 188 g/mol. The van der Waals surface area contributed by atoms with Gasteiger partial charge in [0.25, 0.3) is 0 Å². The number of rotatable bonds is 4. The number of aliphatic carboxylic acids is 1. The average Bonchev–Trinajstić information content (AvgIpc) is 2.15. The van der Waals surface area contributed by atoms with Crippen molar-refractivity contribution in [3.05, 3.63) is 30.7 Å². The van der Waals surface area contributed by atoms with Gasteiger partial charge in [-0.1, -0.05) is 6.58 Å². The summed E-state index contributed by atoms with van der Waals surface area (Å²) in [5.41, 5.74) is 0.170. The fourth-order valence-corrected chi connectivity index (χ4v) is 1.31. The van der Waals surface area contributed by atoms with Gasteiger partial charge in [-0.2, -0.15) is 0 Å². The second-order valence-corrected chi connectivity index (χ2v) is 3.24. The SMILES string of the molecule is C=C(CSc1ccncn1)C(=O)O. The lowest BCUT2D eigenvalue weighted by Crippen LogP contribution is -2.01. The summed E-state index contributed by atoms with van der Waals surface area (Å²) in [7, 11) is 0. The van der Waals surface area contributed by atoms with Crippen LogP contribution in [0, 0.1) is 0 Å². The molecule has 0 atom stereocenters. The molecule has 1 aromatic rings. The third-order valence-electron chi connectivity index (χ3n) is 1.25. The Labute approximate surface area is 79.7 Å². The van der Waals surface area contributed by atoms with E-state index in [2.05, 4.69) is 16.5 Å². The first-order chi connectivity index (χ1) is 6.20. The van der Waals surface area contributed by atoms with Crippen molar-refractivity contribution in [1.29, 1.82) is 0 Å². The molecule has 0 spiro atoms. The van der Waals surface area contributed by atoms with Gasteiger partial charge < -0.3 is 5.11 Å². The van der Waals surface area contributed by atoms with E-state index in [-0.39, 0.29) is 5.57 Å². The van der Waals surface area contributed by atoms with Crippen molar-refractivity contribution in [2.24, 2.45) is 0 Å². The monoisotopic (exact) mass is 196 g/mol. The van der Waals surface area contributed by atoms with Gasteiger partial charge in [0.1, 0.15) is 6.33 Å². The van der Waals surface area contributed by atoms with E-state index < -0.39 is 5.97 Å². The first-order valence-corrected chi connectivity index (χ1v) is 4.48. The van der Waals surface area contributed by atoms with Crippen molar-refractivity contribution in [2.75, 3.05) is 5.75 Å². The molecule has 1 rings (SSSR count). The van der Waals surface area contributed by atoms with Gasteiger partial charge in [0.15, 0.2) is 0 Å². The molecule has 68 valence electrons. The largest absolute Gasteiger partial charge is 0.478 e. The predicted octanol–water partition coefficient (Wildman–Crippen LogP) is 1.21. The summed E-state index contributed by atoms with van der Waals surface area (Å²) in [6.07, 6.45) is 3.03. The highest BCUT2D eigenvalue weighted by molar-refractivity contribution is 7.99. The molecule has 1 heterocycles. The maximum absolute atomic E-state index is 10.4. The number of hydrogen-bond donors (Lipinski definition) is 1. The van der Waals surface area contributed by atoms with E-state index >= 15 is 0 Å². The predicted molar refractivity (Wildman–Crippen MR) is 49.5 cm³/mol. The quantitative estimate of drug-likeness (QED) is 0.445. The zero-order valence-corrected chi connectivity index (χ0v) is 7.62. The lowest BCUT2D eigenvalue weighted by molar-refractivity contribution is -0.132. The van der Waals surface area contributed by atoms with Crippen LogP contribution < -0.4 is 0 Å². The fraction of sp³-hybridized carbons (Fsp3) is 0.125. The summed E-state index contributed by atoms with van der Waals surface area (Å²) in [5, 5.41) is 9.26. The Kier molecular flexibility index (Phi) is 3.45. The lowest BCUT2D eigenvalue weighted by Gasteiger charge is -1.98. The Bertz CT molecular complexity index is 313. The van der Waals surface area contributed by atoms with E-state index in [1.54, 1.807) is 12.3 Å². The molecule has 0 bridgehead atoms. The number of carboxylic acids is 1. The molecular formula is C8H8N2O2S. The number of nitrogens with zero attached hydrogens (tertiary/aromatic N) is 2. The molecule has 0 aliphatic rings. The van der Waals surface area contributed by atoms with Crippen LogP contribution in [-0.2, 0) is 4.79 Å². The molecule has 0 saturated heterocycles. The van der Waals surface area contributed by atoms with Crippen LogP contribution in [0.2, 0.25) is 0 Å². The van der Waals surface area contributed by atoms with Gasteiger partial charge in [0.2, 0.25) is 0 Å². The van der Waals surface area contributed by atoms with Gasteiger partial charge in [-0.25, -0.2) is 14.8 Å². The molecule has 0 amide bonds. The minimum atomic E-state index is -0.971. The summed E-state index contributed by atoms with van der Waals surface area (Å²) in [4.78, 5) is 18.0. The van der Waals surface area contributed by atoms with Crippen LogP contribution in [0.5, 0.6) is 0 Å². The van der Waals surface area contributed by atoms with Gasteiger partial charge in [0.05, 0.1) is 5.03 Å². The number of aromatic nitrogens is 2. The smallest absolute Gasteiger partial charge is 0.331 e. The fourth-order valence-electron chi connectivity index (χ4n) is 0.587. The number of carbonyl (C=O) groups is 1.